The van der Waals surface area contributed by atoms with Crippen LogP contribution in [-0.2, 0) is 11.4 Å². The fourth-order valence-electron chi connectivity index (χ4n) is 4.81. The van der Waals surface area contributed by atoms with Gasteiger partial charge in [0.15, 0.2) is 0 Å². The van der Waals surface area contributed by atoms with Crippen LogP contribution in [0.25, 0.3) is 0 Å². The Morgan fingerprint density at radius 2 is 1.71 bits per heavy atom. The zero-order valence-corrected chi connectivity index (χ0v) is 21.4. The minimum Gasteiger partial charge on any atom is -0.489 e. The molecule has 5 nitrogen and oxygen atoms in total. The van der Waals surface area contributed by atoms with Gasteiger partial charge in [0.25, 0.3) is 0 Å². The van der Waals surface area contributed by atoms with E-state index in [0.29, 0.717) is 25.0 Å². The second-order valence-electron chi connectivity index (χ2n) is 10.8. The molecule has 3 rings (SSSR count). The van der Waals surface area contributed by atoms with Gasteiger partial charge in [-0.2, -0.15) is 0 Å². The van der Waals surface area contributed by atoms with Gasteiger partial charge in [-0.1, -0.05) is 63.4 Å². The van der Waals surface area contributed by atoms with Crippen molar-refractivity contribution in [2.45, 2.75) is 90.4 Å². The molecule has 3 N–H and O–H groups in total. The van der Waals surface area contributed by atoms with Gasteiger partial charge in [-0.15, -0.1) is 0 Å². The summed E-state index contributed by atoms with van der Waals surface area (Å²) in [7, 11) is 0. The summed E-state index contributed by atoms with van der Waals surface area (Å²) in [6.07, 6.45) is 6.88. The number of nitrogens with one attached hydrogen (secondary N) is 1. The Hall–Kier alpha value is -2.53. The molecule has 2 aromatic rings. The smallest absolute Gasteiger partial charge is 0.237 e. The summed E-state index contributed by atoms with van der Waals surface area (Å²) in [4.78, 5) is 15.2. The lowest BCUT2D eigenvalue weighted by molar-refractivity contribution is -0.124. The first kappa shape index (κ1) is 26.1. The van der Waals surface area contributed by atoms with Crippen molar-refractivity contribution in [3.05, 3.63) is 60.2 Å². The molecule has 0 aromatic heterocycles. The standard InChI is InChI=1S/C29H43N3O2/c1-22(2)19-27(30)28(33)31-29(3,4)21-32(24-13-9-6-10-14-24)25-15-17-26(18-16-25)34-20-23-11-7-5-8-12-23/h5,7-8,11-12,15-18,22,24,27H,6,9-10,13-14,19-21,30H2,1-4H3,(H,31,33). The van der Waals surface area contributed by atoms with Crippen molar-refractivity contribution in [3.8, 4) is 5.75 Å². The topological polar surface area (TPSA) is 67.6 Å². The highest BCUT2D eigenvalue weighted by atomic mass is 16.5. The Morgan fingerprint density at radius 1 is 1.06 bits per heavy atom. The Morgan fingerprint density at radius 3 is 2.32 bits per heavy atom. The van der Waals surface area contributed by atoms with E-state index in [2.05, 4.69) is 74.3 Å². The van der Waals surface area contributed by atoms with Crippen LogP contribution in [0.4, 0.5) is 5.69 Å². The van der Waals surface area contributed by atoms with Crippen molar-refractivity contribution in [1.82, 2.24) is 5.32 Å². The first-order valence-electron chi connectivity index (χ1n) is 12.8. The molecular formula is C29H43N3O2. The van der Waals surface area contributed by atoms with Gasteiger partial charge < -0.3 is 20.7 Å². The number of carbonyl (C=O) groups is 1. The third-order valence-electron chi connectivity index (χ3n) is 6.52. The minimum atomic E-state index is -0.469. The van der Waals surface area contributed by atoms with E-state index in [1.165, 1.54) is 37.8 Å². The molecule has 1 amide bonds. The van der Waals surface area contributed by atoms with Crippen LogP contribution in [0.5, 0.6) is 5.75 Å². The number of benzene rings is 2. The number of amides is 1. The molecular weight excluding hydrogens is 422 g/mol. The van der Waals surface area contributed by atoms with Gasteiger partial charge in [-0.3, -0.25) is 4.79 Å². The SMILES string of the molecule is CC(C)CC(N)C(=O)NC(C)(C)CN(c1ccc(OCc2ccccc2)cc1)C1CCCCC1. The number of hydrogen-bond donors (Lipinski definition) is 2. The molecule has 0 saturated heterocycles. The number of carbonyl (C=O) groups excluding carboxylic acids is 1. The van der Waals surface area contributed by atoms with Gasteiger partial charge in [0, 0.05) is 18.3 Å². The van der Waals surface area contributed by atoms with Crippen LogP contribution < -0.4 is 20.7 Å². The molecule has 1 saturated carbocycles. The van der Waals surface area contributed by atoms with E-state index < -0.39 is 11.6 Å². The maximum atomic E-state index is 12.8. The summed E-state index contributed by atoms with van der Waals surface area (Å²) in [6, 6.07) is 18.6. The van der Waals surface area contributed by atoms with Crippen molar-refractivity contribution >= 4 is 11.6 Å². The fraction of sp³-hybridized carbons (Fsp3) is 0.552. The molecule has 1 fully saturated rings. The van der Waals surface area contributed by atoms with E-state index in [-0.39, 0.29) is 5.91 Å². The van der Waals surface area contributed by atoms with E-state index in [1.54, 1.807) is 0 Å². The maximum absolute atomic E-state index is 12.8. The largest absolute Gasteiger partial charge is 0.489 e. The molecule has 2 aromatic carbocycles. The first-order chi connectivity index (χ1) is 16.2. The zero-order chi connectivity index (χ0) is 24.6. The van der Waals surface area contributed by atoms with E-state index >= 15 is 0 Å². The summed E-state index contributed by atoms with van der Waals surface area (Å²) in [5.74, 6) is 1.19. The molecule has 1 atom stereocenters. The molecule has 186 valence electrons. The monoisotopic (exact) mass is 465 g/mol. The third-order valence-corrected chi connectivity index (χ3v) is 6.52. The minimum absolute atomic E-state index is 0.0630. The van der Waals surface area contributed by atoms with Crippen LogP contribution in [0.15, 0.2) is 54.6 Å². The Balaban J connectivity index is 1.69. The molecule has 34 heavy (non-hydrogen) atoms. The highest BCUT2D eigenvalue weighted by molar-refractivity contribution is 5.82. The van der Waals surface area contributed by atoms with E-state index in [9.17, 15) is 4.79 Å². The lowest BCUT2D eigenvalue weighted by atomic mass is 9.92. The molecule has 0 heterocycles. The highest BCUT2D eigenvalue weighted by Gasteiger charge is 2.30. The lowest BCUT2D eigenvalue weighted by Crippen LogP contribution is -2.57. The predicted octanol–water partition coefficient (Wildman–Crippen LogP) is 5.67. The number of ether oxygens (including phenoxy) is 1. The fourth-order valence-corrected chi connectivity index (χ4v) is 4.81. The van der Waals surface area contributed by atoms with Gasteiger partial charge in [0.05, 0.1) is 11.6 Å². The molecule has 0 radical (unpaired) electrons. The van der Waals surface area contributed by atoms with Gasteiger partial charge in [-0.25, -0.2) is 0 Å². The third kappa shape index (κ3) is 8.05. The van der Waals surface area contributed by atoms with E-state index in [0.717, 1.165) is 17.9 Å². The number of rotatable bonds is 11. The van der Waals surface area contributed by atoms with Crippen molar-refractivity contribution < 1.29 is 9.53 Å². The molecule has 5 heteroatoms. The number of nitrogens with two attached hydrogens (primary N) is 1. The molecule has 0 spiro atoms. The van der Waals surface area contributed by atoms with Crippen molar-refractivity contribution in [1.29, 1.82) is 0 Å². The normalized spacial score (nSPS) is 15.7. The van der Waals surface area contributed by atoms with Crippen LogP contribution in [-0.4, -0.2) is 30.1 Å². The second-order valence-corrected chi connectivity index (χ2v) is 10.8. The summed E-state index contributed by atoms with van der Waals surface area (Å²) < 4.78 is 5.99. The summed E-state index contributed by atoms with van der Waals surface area (Å²) >= 11 is 0. The summed E-state index contributed by atoms with van der Waals surface area (Å²) in [6.45, 7) is 9.68. The van der Waals surface area contributed by atoms with Crippen LogP contribution in [0.3, 0.4) is 0 Å². The number of anilines is 1. The van der Waals surface area contributed by atoms with Gasteiger partial charge in [-0.05, 0) is 68.9 Å². The molecule has 1 unspecified atom stereocenters. The van der Waals surface area contributed by atoms with Gasteiger partial charge in [0.1, 0.15) is 12.4 Å². The van der Waals surface area contributed by atoms with Crippen LogP contribution in [0, 0.1) is 5.92 Å². The van der Waals surface area contributed by atoms with Gasteiger partial charge >= 0.3 is 0 Å². The quantitative estimate of drug-likeness (QED) is 0.448. The van der Waals surface area contributed by atoms with E-state index in [4.69, 9.17) is 10.5 Å². The molecule has 1 aliphatic rings. The maximum Gasteiger partial charge on any atom is 0.237 e. The predicted molar refractivity (Wildman–Crippen MR) is 141 cm³/mol. The molecule has 0 bridgehead atoms. The van der Waals surface area contributed by atoms with Gasteiger partial charge in [0.2, 0.25) is 5.91 Å². The number of nitrogens with zero attached hydrogens (tertiary/aromatic N) is 1. The van der Waals surface area contributed by atoms with Crippen molar-refractivity contribution in [3.63, 3.8) is 0 Å². The number of hydrogen-bond acceptors (Lipinski definition) is 4. The van der Waals surface area contributed by atoms with Crippen LogP contribution >= 0.6 is 0 Å². The zero-order valence-electron chi connectivity index (χ0n) is 21.4. The average Bonchev–Trinajstić information content (AvgIpc) is 2.82. The molecule has 0 aliphatic heterocycles. The highest BCUT2D eigenvalue weighted by Crippen LogP contribution is 2.30. The average molecular weight is 466 g/mol. The van der Waals surface area contributed by atoms with Crippen LogP contribution in [0.1, 0.15) is 71.8 Å². The summed E-state index contributed by atoms with van der Waals surface area (Å²) in [5.41, 5.74) is 8.09. The summed E-state index contributed by atoms with van der Waals surface area (Å²) in [5, 5.41) is 3.22. The Kier molecular flexibility index (Phi) is 9.40. The van der Waals surface area contributed by atoms with Crippen molar-refractivity contribution in [2.75, 3.05) is 11.4 Å². The molecule has 1 aliphatic carbocycles. The van der Waals surface area contributed by atoms with Crippen molar-refractivity contribution in [2.24, 2.45) is 11.7 Å². The first-order valence-corrected chi connectivity index (χ1v) is 12.8. The Labute approximate surface area is 206 Å². The van der Waals surface area contributed by atoms with Crippen LogP contribution in [0.2, 0.25) is 0 Å². The lowest BCUT2D eigenvalue weighted by Gasteiger charge is -2.41. The second kappa shape index (κ2) is 12.3. The Bertz CT molecular complexity index is 874. The van der Waals surface area contributed by atoms with E-state index in [1.807, 2.05) is 18.2 Å².